The standard InChI is InChI=1S/C15H25N3O4/c1-10(2)9-13(17-11(3)19)14(20)18-12(15(21)22-4)7-5-6-8-16/h10,12-13H,5-7,9H2,1-4H3,(H,17,19)(H,18,20)/t12-,13+/m1/s1. The maximum absolute atomic E-state index is 12.3. The van der Waals surface area contributed by atoms with Gasteiger partial charge in [0.05, 0.1) is 13.2 Å². The predicted molar refractivity (Wildman–Crippen MR) is 80.5 cm³/mol. The number of methoxy groups -OCH3 is 1. The second kappa shape index (κ2) is 10.6. The van der Waals surface area contributed by atoms with Gasteiger partial charge >= 0.3 is 5.97 Å². The van der Waals surface area contributed by atoms with Crippen LogP contribution in [-0.4, -0.2) is 37.0 Å². The molecule has 0 rings (SSSR count). The molecule has 0 unspecified atom stereocenters. The lowest BCUT2D eigenvalue weighted by Crippen LogP contribution is -2.51. The van der Waals surface area contributed by atoms with E-state index in [1.165, 1.54) is 14.0 Å². The zero-order chi connectivity index (χ0) is 17.1. The Kier molecular flexibility index (Phi) is 9.59. The van der Waals surface area contributed by atoms with E-state index >= 15 is 0 Å². The summed E-state index contributed by atoms with van der Waals surface area (Å²) in [6.07, 6.45) is 1.56. The molecular formula is C15H25N3O4. The molecule has 7 nitrogen and oxygen atoms in total. The Bertz CT molecular complexity index is 429. The van der Waals surface area contributed by atoms with Crippen molar-refractivity contribution in [3.05, 3.63) is 0 Å². The lowest BCUT2D eigenvalue weighted by atomic mass is 10.0. The van der Waals surface area contributed by atoms with Crippen molar-refractivity contribution in [1.29, 1.82) is 5.26 Å². The highest BCUT2D eigenvalue weighted by Crippen LogP contribution is 2.08. The monoisotopic (exact) mass is 311 g/mol. The molecule has 2 atom stereocenters. The number of carbonyl (C=O) groups excluding carboxylic acids is 3. The zero-order valence-electron chi connectivity index (χ0n) is 13.6. The summed E-state index contributed by atoms with van der Waals surface area (Å²) < 4.78 is 4.66. The number of esters is 1. The van der Waals surface area contributed by atoms with E-state index in [0.29, 0.717) is 25.7 Å². The normalized spacial score (nSPS) is 12.9. The molecule has 7 heteroatoms. The van der Waals surface area contributed by atoms with E-state index in [1.807, 2.05) is 19.9 Å². The van der Waals surface area contributed by atoms with Crippen molar-refractivity contribution in [3.8, 4) is 6.07 Å². The van der Waals surface area contributed by atoms with E-state index in [-0.39, 0.29) is 11.8 Å². The molecule has 0 saturated heterocycles. The van der Waals surface area contributed by atoms with Crippen molar-refractivity contribution in [1.82, 2.24) is 10.6 Å². The average Bonchev–Trinajstić information content (AvgIpc) is 2.43. The van der Waals surface area contributed by atoms with Crippen molar-refractivity contribution in [2.75, 3.05) is 7.11 Å². The zero-order valence-corrected chi connectivity index (χ0v) is 13.6. The van der Waals surface area contributed by atoms with Crippen LogP contribution in [0.25, 0.3) is 0 Å². The van der Waals surface area contributed by atoms with Gasteiger partial charge in [-0.25, -0.2) is 4.79 Å². The Labute approximate surface area is 131 Å². The van der Waals surface area contributed by atoms with Gasteiger partial charge in [0.15, 0.2) is 0 Å². The topological polar surface area (TPSA) is 108 Å². The Balaban J connectivity index is 4.82. The number of nitrogens with one attached hydrogen (secondary N) is 2. The minimum atomic E-state index is -0.811. The maximum Gasteiger partial charge on any atom is 0.328 e. The van der Waals surface area contributed by atoms with E-state index in [2.05, 4.69) is 15.4 Å². The van der Waals surface area contributed by atoms with Gasteiger partial charge in [-0.05, 0) is 25.2 Å². The third-order valence-corrected chi connectivity index (χ3v) is 2.98. The molecule has 2 amide bonds. The summed E-state index contributed by atoms with van der Waals surface area (Å²) in [6.45, 7) is 5.21. The molecule has 0 aliphatic rings. The number of unbranched alkanes of at least 4 members (excludes halogenated alkanes) is 1. The number of carbonyl (C=O) groups is 3. The first-order chi connectivity index (χ1) is 10.3. The van der Waals surface area contributed by atoms with Crippen LogP contribution in [-0.2, 0) is 19.1 Å². The molecule has 124 valence electrons. The first-order valence-electron chi connectivity index (χ1n) is 7.34. The molecule has 0 aromatic carbocycles. The summed E-state index contributed by atoms with van der Waals surface area (Å²) in [7, 11) is 1.24. The number of rotatable bonds is 9. The Morgan fingerprint density at radius 2 is 1.82 bits per heavy atom. The third-order valence-electron chi connectivity index (χ3n) is 2.98. The third kappa shape index (κ3) is 8.25. The second-order valence-corrected chi connectivity index (χ2v) is 5.52. The van der Waals surface area contributed by atoms with Crippen LogP contribution in [0.1, 0.15) is 46.5 Å². The molecule has 0 bridgehead atoms. The van der Waals surface area contributed by atoms with Gasteiger partial charge in [-0.1, -0.05) is 13.8 Å². The van der Waals surface area contributed by atoms with E-state index in [9.17, 15) is 14.4 Å². The van der Waals surface area contributed by atoms with E-state index in [1.54, 1.807) is 0 Å². The van der Waals surface area contributed by atoms with Crippen molar-refractivity contribution in [3.63, 3.8) is 0 Å². The SMILES string of the molecule is COC(=O)[C@@H](CCCC#N)NC(=O)[C@H](CC(C)C)NC(C)=O. The van der Waals surface area contributed by atoms with E-state index < -0.39 is 24.0 Å². The number of hydrogen-bond acceptors (Lipinski definition) is 5. The smallest absolute Gasteiger partial charge is 0.328 e. The summed E-state index contributed by atoms with van der Waals surface area (Å²) in [5, 5.41) is 13.7. The van der Waals surface area contributed by atoms with Crippen LogP contribution in [0.5, 0.6) is 0 Å². The van der Waals surface area contributed by atoms with Gasteiger partial charge < -0.3 is 15.4 Å². The van der Waals surface area contributed by atoms with Crippen molar-refractivity contribution in [2.45, 2.75) is 58.5 Å². The molecule has 0 spiro atoms. The van der Waals surface area contributed by atoms with Crippen molar-refractivity contribution < 1.29 is 19.1 Å². The minimum Gasteiger partial charge on any atom is -0.467 e. The highest BCUT2D eigenvalue weighted by atomic mass is 16.5. The van der Waals surface area contributed by atoms with Gasteiger partial charge in [-0.3, -0.25) is 9.59 Å². The molecule has 0 aromatic heterocycles. The van der Waals surface area contributed by atoms with Crippen LogP contribution >= 0.6 is 0 Å². The number of amides is 2. The fourth-order valence-corrected chi connectivity index (χ4v) is 2.00. The van der Waals surface area contributed by atoms with Crippen LogP contribution in [0, 0.1) is 17.2 Å². The van der Waals surface area contributed by atoms with Crippen LogP contribution in [0.3, 0.4) is 0 Å². The largest absolute Gasteiger partial charge is 0.467 e. The predicted octanol–water partition coefficient (Wildman–Crippen LogP) is 0.889. The average molecular weight is 311 g/mol. The summed E-state index contributed by atoms with van der Waals surface area (Å²) in [6, 6.07) is 0.482. The first kappa shape index (κ1) is 19.9. The van der Waals surface area contributed by atoms with E-state index in [0.717, 1.165) is 0 Å². The Morgan fingerprint density at radius 3 is 2.27 bits per heavy atom. The molecule has 0 radical (unpaired) electrons. The quantitative estimate of drug-likeness (QED) is 0.485. The van der Waals surface area contributed by atoms with Crippen LogP contribution < -0.4 is 10.6 Å². The van der Waals surface area contributed by atoms with Crippen LogP contribution in [0.15, 0.2) is 0 Å². The lowest BCUT2D eigenvalue weighted by molar-refractivity contribution is -0.145. The number of nitrogens with zero attached hydrogens (tertiary/aromatic N) is 1. The molecule has 0 heterocycles. The number of ether oxygens (including phenoxy) is 1. The van der Waals surface area contributed by atoms with E-state index in [4.69, 9.17) is 5.26 Å². The first-order valence-corrected chi connectivity index (χ1v) is 7.34. The summed E-state index contributed by atoms with van der Waals surface area (Å²) in [5.41, 5.74) is 0. The summed E-state index contributed by atoms with van der Waals surface area (Å²) in [5.74, 6) is -1.08. The molecule has 0 aliphatic carbocycles. The molecule has 0 aromatic rings. The lowest BCUT2D eigenvalue weighted by Gasteiger charge is -2.22. The van der Waals surface area contributed by atoms with Gasteiger partial charge in [0, 0.05) is 13.3 Å². The summed E-state index contributed by atoms with van der Waals surface area (Å²) in [4.78, 5) is 35.2. The van der Waals surface area contributed by atoms with Gasteiger partial charge in [0.1, 0.15) is 12.1 Å². The Morgan fingerprint density at radius 1 is 1.18 bits per heavy atom. The number of hydrogen-bond donors (Lipinski definition) is 2. The van der Waals surface area contributed by atoms with Gasteiger partial charge in [0.2, 0.25) is 11.8 Å². The molecule has 2 N–H and O–H groups in total. The van der Waals surface area contributed by atoms with Gasteiger partial charge in [-0.2, -0.15) is 5.26 Å². The Hall–Kier alpha value is -2.10. The number of nitriles is 1. The molecule has 0 aliphatic heterocycles. The molecule has 22 heavy (non-hydrogen) atoms. The fourth-order valence-electron chi connectivity index (χ4n) is 2.00. The minimum absolute atomic E-state index is 0.206. The highest BCUT2D eigenvalue weighted by Gasteiger charge is 2.26. The van der Waals surface area contributed by atoms with Crippen molar-refractivity contribution >= 4 is 17.8 Å². The fraction of sp³-hybridized carbons (Fsp3) is 0.733. The van der Waals surface area contributed by atoms with Gasteiger partial charge in [-0.15, -0.1) is 0 Å². The molecular weight excluding hydrogens is 286 g/mol. The maximum atomic E-state index is 12.3. The molecule has 0 fully saturated rings. The highest BCUT2D eigenvalue weighted by molar-refractivity contribution is 5.90. The van der Waals surface area contributed by atoms with Crippen molar-refractivity contribution in [2.24, 2.45) is 5.92 Å². The van der Waals surface area contributed by atoms with Crippen LogP contribution in [0.4, 0.5) is 0 Å². The van der Waals surface area contributed by atoms with Gasteiger partial charge in [0.25, 0.3) is 0 Å². The summed E-state index contributed by atoms with van der Waals surface area (Å²) >= 11 is 0. The second-order valence-electron chi connectivity index (χ2n) is 5.52. The molecule has 0 saturated carbocycles. The van der Waals surface area contributed by atoms with Crippen LogP contribution in [0.2, 0.25) is 0 Å².